The monoisotopic (exact) mass is 413 g/mol. The zero-order valence-corrected chi connectivity index (χ0v) is 17.7. The highest BCUT2D eigenvalue weighted by atomic mass is 32.2. The first-order chi connectivity index (χ1) is 13.9. The van der Waals surface area contributed by atoms with Crippen LogP contribution in [0.15, 0.2) is 58.5 Å². The van der Waals surface area contributed by atoms with Crippen molar-refractivity contribution in [3.63, 3.8) is 0 Å². The maximum Gasteiger partial charge on any atom is 0.264 e. The lowest BCUT2D eigenvalue weighted by atomic mass is 9.99. The number of rotatable bonds is 6. The highest BCUT2D eigenvalue weighted by Gasteiger charge is 2.27. The second-order valence-corrected chi connectivity index (χ2v) is 9.23. The molecule has 0 unspecified atom stereocenters. The molecule has 154 valence electrons. The molecule has 0 radical (unpaired) electrons. The van der Waals surface area contributed by atoms with Crippen molar-refractivity contribution in [3.05, 3.63) is 59.7 Å². The van der Waals surface area contributed by atoms with Gasteiger partial charge in [-0.1, -0.05) is 30.7 Å². The average molecular weight is 414 g/mol. The fourth-order valence-corrected chi connectivity index (χ4v) is 4.73. The molecule has 0 aliphatic heterocycles. The Labute approximate surface area is 172 Å². The summed E-state index contributed by atoms with van der Waals surface area (Å²) in [6, 6.07) is 13.5. The van der Waals surface area contributed by atoms with Crippen molar-refractivity contribution in [3.8, 4) is 0 Å². The van der Waals surface area contributed by atoms with Gasteiger partial charge in [-0.25, -0.2) is 13.8 Å². The molecule has 6 nitrogen and oxygen atoms in total. The van der Waals surface area contributed by atoms with Crippen molar-refractivity contribution in [2.24, 2.45) is 5.10 Å². The molecule has 1 aliphatic carbocycles. The number of hydrogen-bond acceptors (Lipinski definition) is 4. The van der Waals surface area contributed by atoms with Crippen LogP contribution in [0.2, 0.25) is 0 Å². The van der Waals surface area contributed by atoms with Crippen LogP contribution in [0.1, 0.15) is 43.2 Å². The van der Waals surface area contributed by atoms with Gasteiger partial charge in [-0.2, -0.15) is 5.10 Å². The van der Waals surface area contributed by atoms with Crippen LogP contribution in [0.5, 0.6) is 0 Å². The van der Waals surface area contributed by atoms with E-state index in [1.165, 1.54) is 18.6 Å². The van der Waals surface area contributed by atoms with Crippen molar-refractivity contribution in [2.45, 2.75) is 50.8 Å². The van der Waals surface area contributed by atoms with Crippen LogP contribution in [0.25, 0.3) is 0 Å². The van der Waals surface area contributed by atoms with E-state index in [1.807, 2.05) is 19.9 Å². The zero-order chi connectivity index (χ0) is 20.9. The van der Waals surface area contributed by atoms with Crippen LogP contribution in [0.3, 0.4) is 0 Å². The first-order valence-corrected chi connectivity index (χ1v) is 11.3. The molecule has 3 rings (SSSR count). The lowest BCUT2D eigenvalue weighted by Crippen LogP contribution is -2.40. The minimum absolute atomic E-state index is 0.143. The molecule has 0 aromatic heterocycles. The molecule has 1 fully saturated rings. The van der Waals surface area contributed by atoms with Crippen LogP contribution in [-0.2, 0) is 14.8 Å². The zero-order valence-electron chi connectivity index (χ0n) is 16.9. The molecule has 7 heteroatoms. The van der Waals surface area contributed by atoms with Crippen molar-refractivity contribution < 1.29 is 13.2 Å². The number of hydrazone groups is 1. The number of carbonyl (C=O) groups is 1. The van der Waals surface area contributed by atoms with Crippen LogP contribution < -0.4 is 9.73 Å². The molecule has 1 aliphatic rings. The number of nitrogens with zero attached hydrogens (tertiary/aromatic N) is 2. The lowest BCUT2D eigenvalue weighted by molar-refractivity contribution is -0.119. The van der Waals surface area contributed by atoms with Crippen molar-refractivity contribution >= 4 is 27.3 Å². The molecule has 29 heavy (non-hydrogen) atoms. The highest BCUT2D eigenvalue weighted by Crippen LogP contribution is 2.25. The number of amides is 1. The highest BCUT2D eigenvalue weighted by molar-refractivity contribution is 7.92. The second kappa shape index (κ2) is 9.22. The van der Waals surface area contributed by atoms with E-state index in [2.05, 4.69) is 10.5 Å². The van der Waals surface area contributed by atoms with E-state index < -0.39 is 15.9 Å². The van der Waals surface area contributed by atoms with E-state index in [9.17, 15) is 13.2 Å². The summed E-state index contributed by atoms with van der Waals surface area (Å²) in [5.74, 6) is -0.458. The standard InChI is InChI=1S/C22H27N3O3S/c1-17-13-14-20(15-18(17)2)25(29(27,28)21-11-7-4-8-12-21)16-22(26)24-23-19-9-5-3-6-10-19/h4,7-8,11-15H,3,5-6,9-10,16H2,1-2H3,(H,24,26). The Kier molecular flexibility index (Phi) is 6.69. The van der Waals surface area contributed by atoms with E-state index in [0.717, 1.165) is 46.8 Å². The topological polar surface area (TPSA) is 78.8 Å². The van der Waals surface area contributed by atoms with Gasteiger partial charge in [0.25, 0.3) is 15.9 Å². The normalized spacial score (nSPS) is 14.3. The van der Waals surface area contributed by atoms with Gasteiger partial charge < -0.3 is 0 Å². The molecule has 1 N–H and O–H groups in total. The molecular formula is C22H27N3O3S. The summed E-state index contributed by atoms with van der Waals surface area (Å²) in [5.41, 5.74) is 5.98. The average Bonchev–Trinajstić information content (AvgIpc) is 2.74. The summed E-state index contributed by atoms with van der Waals surface area (Å²) in [4.78, 5) is 12.7. The van der Waals surface area contributed by atoms with E-state index in [0.29, 0.717) is 5.69 Å². The summed E-state index contributed by atoms with van der Waals surface area (Å²) in [5, 5.41) is 4.21. The predicted octanol–water partition coefficient (Wildman–Crippen LogP) is 3.94. The lowest BCUT2D eigenvalue weighted by Gasteiger charge is -2.24. The molecule has 0 bridgehead atoms. The Morgan fingerprint density at radius 3 is 2.34 bits per heavy atom. The van der Waals surface area contributed by atoms with Gasteiger partial charge in [0.15, 0.2) is 0 Å². The Morgan fingerprint density at radius 2 is 1.69 bits per heavy atom. The van der Waals surface area contributed by atoms with Gasteiger partial charge >= 0.3 is 0 Å². The Hall–Kier alpha value is -2.67. The third-order valence-corrected chi connectivity index (χ3v) is 6.95. The van der Waals surface area contributed by atoms with E-state index >= 15 is 0 Å². The molecule has 0 atom stereocenters. The van der Waals surface area contributed by atoms with Gasteiger partial charge in [-0.15, -0.1) is 0 Å². The van der Waals surface area contributed by atoms with Gasteiger partial charge in [0, 0.05) is 5.71 Å². The molecular weight excluding hydrogens is 386 g/mol. The maximum absolute atomic E-state index is 13.3. The third-order valence-electron chi connectivity index (χ3n) is 5.17. The van der Waals surface area contributed by atoms with Gasteiger partial charge in [-0.05, 0) is 74.9 Å². The van der Waals surface area contributed by atoms with E-state index in [1.54, 1.807) is 30.3 Å². The fourth-order valence-electron chi connectivity index (χ4n) is 3.29. The molecule has 0 spiro atoms. The molecule has 0 saturated heterocycles. The number of anilines is 1. The van der Waals surface area contributed by atoms with Crippen molar-refractivity contribution in [1.82, 2.24) is 5.43 Å². The minimum Gasteiger partial charge on any atom is -0.271 e. The van der Waals surface area contributed by atoms with Crippen LogP contribution in [0.4, 0.5) is 5.69 Å². The summed E-state index contributed by atoms with van der Waals surface area (Å²) >= 11 is 0. The molecule has 2 aromatic carbocycles. The van der Waals surface area contributed by atoms with E-state index in [4.69, 9.17) is 0 Å². The molecule has 1 amide bonds. The molecule has 1 saturated carbocycles. The minimum atomic E-state index is -3.90. The number of aryl methyl sites for hydroxylation is 2. The van der Waals surface area contributed by atoms with Crippen molar-refractivity contribution in [2.75, 3.05) is 10.8 Å². The molecule has 2 aromatic rings. The maximum atomic E-state index is 13.3. The number of sulfonamides is 1. The van der Waals surface area contributed by atoms with Crippen molar-refractivity contribution in [1.29, 1.82) is 0 Å². The number of nitrogens with one attached hydrogen (secondary N) is 1. The fraction of sp³-hybridized carbons (Fsp3) is 0.364. The quantitative estimate of drug-likeness (QED) is 0.729. The Morgan fingerprint density at radius 1 is 1.00 bits per heavy atom. The van der Waals surface area contributed by atoms with Gasteiger partial charge in [0.2, 0.25) is 0 Å². The van der Waals surface area contributed by atoms with Crippen LogP contribution in [-0.4, -0.2) is 26.6 Å². The molecule has 0 heterocycles. The number of carbonyl (C=O) groups excluding carboxylic acids is 1. The Bertz CT molecular complexity index is 993. The first-order valence-electron chi connectivity index (χ1n) is 9.87. The third kappa shape index (κ3) is 5.23. The van der Waals surface area contributed by atoms with Gasteiger partial charge in [0.05, 0.1) is 10.6 Å². The first kappa shape index (κ1) is 21.0. The second-order valence-electron chi connectivity index (χ2n) is 7.37. The van der Waals surface area contributed by atoms with Gasteiger partial charge in [-0.3, -0.25) is 9.10 Å². The largest absolute Gasteiger partial charge is 0.271 e. The number of benzene rings is 2. The summed E-state index contributed by atoms with van der Waals surface area (Å²) in [6.07, 6.45) is 5.09. The number of hydrogen-bond donors (Lipinski definition) is 1. The Balaban J connectivity index is 1.88. The summed E-state index contributed by atoms with van der Waals surface area (Å²) < 4.78 is 27.7. The van der Waals surface area contributed by atoms with Crippen LogP contribution in [0, 0.1) is 13.8 Å². The summed E-state index contributed by atoms with van der Waals surface area (Å²) in [7, 11) is -3.90. The predicted molar refractivity (Wildman–Crippen MR) is 116 cm³/mol. The SMILES string of the molecule is Cc1ccc(N(CC(=O)NN=C2CCCCC2)S(=O)(=O)c2ccccc2)cc1C. The summed E-state index contributed by atoms with van der Waals surface area (Å²) in [6.45, 7) is 3.54. The smallest absolute Gasteiger partial charge is 0.264 e. The van der Waals surface area contributed by atoms with E-state index in [-0.39, 0.29) is 11.4 Å². The van der Waals surface area contributed by atoms with Crippen LogP contribution >= 0.6 is 0 Å². The van der Waals surface area contributed by atoms with Gasteiger partial charge in [0.1, 0.15) is 6.54 Å².